The van der Waals surface area contributed by atoms with Crippen LogP contribution in [-0.4, -0.2) is 14.8 Å². The SMILES string of the molecule is Clc1cc(Cl)cc(CNc2ccc(-n3cccn3)nc2)c1. The van der Waals surface area contributed by atoms with Crippen LogP contribution in [0.4, 0.5) is 5.69 Å². The van der Waals surface area contributed by atoms with Crippen molar-refractivity contribution in [2.45, 2.75) is 6.54 Å². The van der Waals surface area contributed by atoms with E-state index < -0.39 is 0 Å². The Bertz CT molecular complexity index is 704. The zero-order valence-electron chi connectivity index (χ0n) is 11.0. The van der Waals surface area contributed by atoms with Gasteiger partial charge in [0, 0.05) is 29.0 Å². The van der Waals surface area contributed by atoms with Gasteiger partial charge in [0.05, 0.1) is 11.9 Å². The van der Waals surface area contributed by atoms with E-state index in [-0.39, 0.29) is 0 Å². The molecule has 4 nitrogen and oxygen atoms in total. The van der Waals surface area contributed by atoms with Crippen molar-refractivity contribution in [3.63, 3.8) is 0 Å². The molecule has 0 amide bonds. The summed E-state index contributed by atoms with van der Waals surface area (Å²) in [6.07, 6.45) is 5.34. The molecule has 0 spiro atoms. The van der Waals surface area contributed by atoms with Gasteiger partial charge in [-0.1, -0.05) is 23.2 Å². The molecule has 0 aliphatic heterocycles. The van der Waals surface area contributed by atoms with E-state index in [0.717, 1.165) is 17.1 Å². The van der Waals surface area contributed by atoms with Crippen LogP contribution < -0.4 is 5.32 Å². The third-order valence-electron chi connectivity index (χ3n) is 2.91. The van der Waals surface area contributed by atoms with E-state index >= 15 is 0 Å². The lowest BCUT2D eigenvalue weighted by molar-refractivity contribution is 0.847. The van der Waals surface area contributed by atoms with Crippen molar-refractivity contribution in [3.05, 3.63) is 70.6 Å². The quantitative estimate of drug-likeness (QED) is 0.784. The van der Waals surface area contributed by atoms with Crippen LogP contribution >= 0.6 is 23.2 Å². The molecular formula is C15H12Cl2N4. The number of halogens is 2. The summed E-state index contributed by atoms with van der Waals surface area (Å²) >= 11 is 12.0. The number of benzene rings is 1. The molecule has 1 N–H and O–H groups in total. The normalized spacial score (nSPS) is 10.6. The first-order valence-electron chi connectivity index (χ1n) is 6.35. The van der Waals surface area contributed by atoms with Crippen molar-refractivity contribution in [1.82, 2.24) is 14.8 Å². The van der Waals surface area contributed by atoms with Crippen LogP contribution in [0, 0.1) is 0 Å². The lowest BCUT2D eigenvalue weighted by Gasteiger charge is -2.08. The van der Waals surface area contributed by atoms with E-state index in [0.29, 0.717) is 16.6 Å². The molecule has 2 aromatic heterocycles. The average Bonchev–Trinajstić information content (AvgIpc) is 2.99. The van der Waals surface area contributed by atoms with Crippen LogP contribution in [0.1, 0.15) is 5.56 Å². The van der Waals surface area contributed by atoms with Crippen molar-refractivity contribution >= 4 is 28.9 Å². The molecule has 0 atom stereocenters. The summed E-state index contributed by atoms with van der Waals surface area (Å²) < 4.78 is 1.71. The fraction of sp³-hybridized carbons (Fsp3) is 0.0667. The number of aromatic nitrogens is 3. The average molecular weight is 319 g/mol. The Hall–Kier alpha value is -2.04. The van der Waals surface area contributed by atoms with Crippen molar-refractivity contribution < 1.29 is 0 Å². The second-order valence-electron chi connectivity index (χ2n) is 4.49. The Morgan fingerprint density at radius 1 is 1.10 bits per heavy atom. The van der Waals surface area contributed by atoms with Crippen molar-refractivity contribution in [2.24, 2.45) is 0 Å². The monoisotopic (exact) mass is 318 g/mol. The van der Waals surface area contributed by atoms with Crippen LogP contribution in [0.25, 0.3) is 5.82 Å². The van der Waals surface area contributed by atoms with Crippen LogP contribution in [0.5, 0.6) is 0 Å². The van der Waals surface area contributed by atoms with Gasteiger partial charge in [-0.05, 0) is 42.0 Å². The van der Waals surface area contributed by atoms with Crippen LogP contribution in [-0.2, 0) is 6.54 Å². The molecule has 2 heterocycles. The Morgan fingerprint density at radius 2 is 1.90 bits per heavy atom. The molecule has 0 aliphatic carbocycles. The second kappa shape index (κ2) is 6.16. The summed E-state index contributed by atoms with van der Waals surface area (Å²) in [6, 6.07) is 11.2. The molecule has 0 aliphatic rings. The van der Waals surface area contributed by atoms with Crippen molar-refractivity contribution in [3.8, 4) is 5.82 Å². The predicted octanol–water partition coefficient (Wildman–Crippen LogP) is 4.19. The number of nitrogens with one attached hydrogen (secondary N) is 1. The van der Waals surface area contributed by atoms with Crippen LogP contribution in [0.15, 0.2) is 55.0 Å². The smallest absolute Gasteiger partial charge is 0.153 e. The third kappa shape index (κ3) is 3.54. The predicted molar refractivity (Wildman–Crippen MR) is 85.1 cm³/mol. The van der Waals surface area contributed by atoms with Gasteiger partial charge >= 0.3 is 0 Å². The number of anilines is 1. The van der Waals surface area contributed by atoms with E-state index in [4.69, 9.17) is 23.2 Å². The van der Waals surface area contributed by atoms with E-state index in [1.807, 2.05) is 36.5 Å². The van der Waals surface area contributed by atoms with Gasteiger partial charge in [-0.15, -0.1) is 0 Å². The highest BCUT2D eigenvalue weighted by atomic mass is 35.5. The molecule has 0 fully saturated rings. The Kier molecular flexibility index (Phi) is 4.08. The standard InChI is InChI=1S/C15H12Cl2N4/c16-12-6-11(7-13(17)8-12)9-18-14-2-3-15(19-10-14)21-5-1-4-20-21/h1-8,10,18H,9H2. The Labute approximate surface area is 132 Å². The molecule has 0 radical (unpaired) electrons. The fourth-order valence-corrected chi connectivity index (χ4v) is 2.52. The summed E-state index contributed by atoms with van der Waals surface area (Å²) in [5, 5.41) is 8.67. The summed E-state index contributed by atoms with van der Waals surface area (Å²) in [5.41, 5.74) is 1.94. The van der Waals surface area contributed by atoms with Gasteiger partial charge in [0.2, 0.25) is 0 Å². The van der Waals surface area contributed by atoms with E-state index in [2.05, 4.69) is 15.4 Å². The summed E-state index contributed by atoms with van der Waals surface area (Å²) in [5.74, 6) is 0.774. The number of pyridine rings is 1. The van der Waals surface area contributed by atoms with Crippen LogP contribution in [0.3, 0.4) is 0 Å². The number of hydrogen-bond donors (Lipinski definition) is 1. The molecule has 0 saturated carbocycles. The maximum atomic E-state index is 5.98. The minimum absolute atomic E-state index is 0.628. The topological polar surface area (TPSA) is 42.7 Å². The first-order chi connectivity index (χ1) is 10.2. The van der Waals surface area contributed by atoms with E-state index in [9.17, 15) is 0 Å². The Morgan fingerprint density at radius 3 is 2.52 bits per heavy atom. The third-order valence-corrected chi connectivity index (χ3v) is 3.34. The highest BCUT2D eigenvalue weighted by molar-refractivity contribution is 6.34. The van der Waals surface area contributed by atoms with Crippen molar-refractivity contribution in [2.75, 3.05) is 5.32 Å². The molecule has 0 saturated heterocycles. The second-order valence-corrected chi connectivity index (χ2v) is 5.36. The summed E-state index contributed by atoms with van der Waals surface area (Å²) in [4.78, 5) is 4.35. The number of hydrogen-bond acceptors (Lipinski definition) is 3. The molecule has 6 heteroatoms. The highest BCUT2D eigenvalue weighted by Crippen LogP contribution is 2.20. The molecule has 0 bridgehead atoms. The molecule has 1 aromatic carbocycles. The van der Waals surface area contributed by atoms with E-state index in [1.54, 1.807) is 23.1 Å². The minimum atomic E-state index is 0.628. The molecule has 0 unspecified atom stereocenters. The number of nitrogens with zero attached hydrogens (tertiary/aromatic N) is 3. The van der Waals surface area contributed by atoms with Gasteiger partial charge in [-0.3, -0.25) is 0 Å². The van der Waals surface area contributed by atoms with Gasteiger partial charge in [-0.25, -0.2) is 9.67 Å². The summed E-state index contributed by atoms with van der Waals surface area (Å²) in [7, 11) is 0. The van der Waals surface area contributed by atoms with Crippen molar-refractivity contribution in [1.29, 1.82) is 0 Å². The zero-order chi connectivity index (χ0) is 14.7. The molecular weight excluding hydrogens is 307 g/mol. The van der Waals surface area contributed by atoms with Gasteiger partial charge in [0.15, 0.2) is 5.82 Å². The van der Waals surface area contributed by atoms with Gasteiger partial charge in [0.1, 0.15) is 0 Å². The zero-order valence-corrected chi connectivity index (χ0v) is 12.5. The largest absolute Gasteiger partial charge is 0.380 e. The maximum Gasteiger partial charge on any atom is 0.153 e. The molecule has 3 aromatic rings. The molecule has 21 heavy (non-hydrogen) atoms. The molecule has 3 rings (SSSR count). The first-order valence-corrected chi connectivity index (χ1v) is 7.11. The lowest BCUT2D eigenvalue weighted by atomic mass is 10.2. The minimum Gasteiger partial charge on any atom is -0.380 e. The maximum absolute atomic E-state index is 5.98. The number of rotatable bonds is 4. The van der Waals surface area contributed by atoms with Gasteiger partial charge in [0.25, 0.3) is 0 Å². The highest BCUT2D eigenvalue weighted by Gasteiger charge is 2.01. The van der Waals surface area contributed by atoms with E-state index in [1.165, 1.54) is 0 Å². The Balaban J connectivity index is 1.68. The summed E-state index contributed by atoms with van der Waals surface area (Å²) in [6.45, 7) is 0.628. The molecule has 106 valence electrons. The van der Waals surface area contributed by atoms with Crippen LogP contribution in [0.2, 0.25) is 10.0 Å². The lowest BCUT2D eigenvalue weighted by Crippen LogP contribution is -2.02. The van der Waals surface area contributed by atoms with Gasteiger partial charge < -0.3 is 5.32 Å². The fourth-order valence-electron chi connectivity index (χ4n) is 1.95. The first kappa shape index (κ1) is 13.9. The van der Waals surface area contributed by atoms with Gasteiger partial charge in [-0.2, -0.15) is 5.10 Å².